The summed E-state index contributed by atoms with van der Waals surface area (Å²) in [5, 5.41) is 15.5. The van der Waals surface area contributed by atoms with Gasteiger partial charge in [0.25, 0.3) is 5.91 Å². The van der Waals surface area contributed by atoms with Gasteiger partial charge in [-0.3, -0.25) is 4.79 Å². The molecule has 1 amide bonds. The van der Waals surface area contributed by atoms with E-state index in [9.17, 15) is 4.79 Å². The van der Waals surface area contributed by atoms with Crippen molar-refractivity contribution in [3.8, 4) is 5.82 Å². The highest BCUT2D eigenvalue weighted by molar-refractivity contribution is 6.35. The summed E-state index contributed by atoms with van der Waals surface area (Å²) >= 11 is 11.9. The molecule has 0 bridgehead atoms. The standard InChI is InChI=1S/C15H13Cl2N7O/c1-23(2)13-4-3-12(21-22-13)15(25)20-10-7-19-24(8-10)14-11(17)5-9(16)6-18-14/h3-8H,1-2H3,(H,20,25). The maximum Gasteiger partial charge on any atom is 0.276 e. The SMILES string of the molecule is CN(C)c1ccc(C(=O)Nc2cnn(-c3ncc(Cl)cc3Cl)c2)nn1. The van der Waals surface area contributed by atoms with E-state index in [2.05, 4.69) is 25.6 Å². The topological polar surface area (TPSA) is 88.8 Å². The summed E-state index contributed by atoms with van der Waals surface area (Å²) in [4.78, 5) is 18.1. The highest BCUT2D eigenvalue weighted by atomic mass is 35.5. The summed E-state index contributed by atoms with van der Waals surface area (Å²) in [6.45, 7) is 0. The zero-order valence-corrected chi connectivity index (χ0v) is 14.8. The Hall–Kier alpha value is -2.71. The van der Waals surface area contributed by atoms with Gasteiger partial charge in [0.15, 0.2) is 17.3 Å². The first-order valence-electron chi connectivity index (χ1n) is 7.12. The lowest BCUT2D eigenvalue weighted by atomic mass is 10.3. The van der Waals surface area contributed by atoms with Gasteiger partial charge in [0, 0.05) is 20.3 Å². The average Bonchev–Trinajstić information content (AvgIpc) is 3.03. The van der Waals surface area contributed by atoms with Gasteiger partial charge in [0.2, 0.25) is 0 Å². The third-order valence-electron chi connectivity index (χ3n) is 3.19. The van der Waals surface area contributed by atoms with Gasteiger partial charge >= 0.3 is 0 Å². The second-order valence-electron chi connectivity index (χ2n) is 5.26. The van der Waals surface area contributed by atoms with E-state index in [4.69, 9.17) is 23.2 Å². The van der Waals surface area contributed by atoms with Crippen LogP contribution in [0, 0.1) is 0 Å². The molecule has 0 aliphatic carbocycles. The molecule has 0 aromatic carbocycles. The largest absolute Gasteiger partial charge is 0.361 e. The first kappa shape index (κ1) is 17.1. The van der Waals surface area contributed by atoms with E-state index in [0.717, 1.165) is 0 Å². The number of anilines is 2. The van der Waals surface area contributed by atoms with Gasteiger partial charge in [0.1, 0.15) is 0 Å². The van der Waals surface area contributed by atoms with Gasteiger partial charge in [-0.05, 0) is 18.2 Å². The lowest BCUT2D eigenvalue weighted by Crippen LogP contribution is -2.16. The van der Waals surface area contributed by atoms with Crippen LogP contribution < -0.4 is 10.2 Å². The average molecular weight is 378 g/mol. The molecule has 128 valence electrons. The molecule has 0 atom stereocenters. The highest BCUT2D eigenvalue weighted by Gasteiger charge is 2.12. The normalized spacial score (nSPS) is 10.6. The Balaban J connectivity index is 1.75. The number of halogens is 2. The molecule has 3 aromatic heterocycles. The van der Waals surface area contributed by atoms with Crippen LogP contribution >= 0.6 is 23.2 Å². The maximum absolute atomic E-state index is 12.2. The lowest BCUT2D eigenvalue weighted by Gasteiger charge is -2.09. The number of rotatable bonds is 4. The van der Waals surface area contributed by atoms with E-state index >= 15 is 0 Å². The van der Waals surface area contributed by atoms with Crippen molar-refractivity contribution in [1.82, 2.24) is 25.0 Å². The van der Waals surface area contributed by atoms with Crippen LogP contribution in [0.4, 0.5) is 11.5 Å². The highest BCUT2D eigenvalue weighted by Crippen LogP contribution is 2.22. The Morgan fingerprint density at radius 2 is 2.00 bits per heavy atom. The Morgan fingerprint density at radius 3 is 2.64 bits per heavy atom. The van der Waals surface area contributed by atoms with E-state index in [1.54, 1.807) is 29.3 Å². The molecule has 0 fully saturated rings. The van der Waals surface area contributed by atoms with Crippen LogP contribution in [0.25, 0.3) is 5.82 Å². The van der Waals surface area contributed by atoms with Gasteiger partial charge in [0.05, 0.1) is 28.1 Å². The third-order valence-corrected chi connectivity index (χ3v) is 3.67. The zero-order chi connectivity index (χ0) is 18.0. The van der Waals surface area contributed by atoms with Crippen LogP contribution in [0.5, 0.6) is 0 Å². The molecule has 25 heavy (non-hydrogen) atoms. The summed E-state index contributed by atoms with van der Waals surface area (Å²) < 4.78 is 1.44. The molecular formula is C15H13Cl2N7O. The van der Waals surface area contributed by atoms with Crippen molar-refractivity contribution in [3.63, 3.8) is 0 Å². The van der Waals surface area contributed by atoms with Crippen molar-refractivity contribution in [2.24, 2.45) is 0 Å². The minimum atomic E-state index is -0.396. The third kappa shape index (κ3) is 3.86. The first-order chi connectivity index (χ1) is 11.9. The molecule has 0 saturated carbocycles. The van der Waals surface area contributed by atoms with Gasteiger partial charge in [-0.2, -0.15) is 5.10 Å². The Morgan fingerprint density at radius 1 is 1.20 bits per heavy atom. The van der Waals surface area contributed by atoms with Crippen LogP contribution in [0.1, 0.15) is 10.5 Å². The molecule has 0 aliphatic heterocycles. The van der Waals surface area contributed by atoms with Crippen molar-refractivity contribution in [1.29, 1.82) is 0 Å². The minimum Gasteiger partial charge on any atom is -0.361 e. The smallest absolute Gasteiger partial charge is 0.276 e. The number of nitrogens with zero attached hydrogens (tertiary/aromatic N) is 6. The van der Waals surface area contributed by atoms with Crippen LogP contribution in [-0.2, 0) is 0 Å². The predicted octanol–water partition coefficient (Wildman–Crippen LogP) is 2.68. The molecule has 8 nitrogen and oxygen atoms in total. The van der Waals surface area contributed by atoms with Crippen molar-refractivity contribution in [2.45, 2.75) is 0 Å². The van der Waals surface area contributed by atoms with Crippen molar-refractivity contribution >= 4 is 40.6 Å². The van der Waals surface area contributed by atoms with Gasteiger partial charge < -0.3 is 10.2 Å². The quantitative estimate of drug-likeness (QED) is 0.751. The number of carbonyl (C=O) groups is 1. The number of hydrogen-bond donors (Lipinski definition) is 1. The number of hydrogen-bond acceptors (Lipinski definition) is 6. The molecule has 10 heteroatoms. The number of nitrogens with one attached hydrogen (secondary N) is 1. The predicted molar refractivity (Wildman–Crippen MR) is 95.7 cm³/mol. The lowest BCUT2D eigenvalue weighted by molar-refractivity contribution is 0.102. The van der Waals surface area contributed by atoms with Crippen LogP contribution in [0.15, 0.2) is 36.8 Å². The Labute approximate surface area is 153 Å². The van der Waals surface area contributed by atoms with Crippen molar-refractivity contribution < 1.29 is 4.79 Å². The molecule has 0 spiro atoms. The number of pyridine rings is 1. The Kier molecular flexibility index (Phi) is 4.82. The first-order valence-corrected chi connectivity index (χ1v) is 7.88. The fraction of sp³-hybridized carbons (Fsp3) is 0.133. The van der Waals surface area contributed by atoms with Crippen molar-refractivity contribution in [2.75, 3.05) is 24.3 Å². The zero-order valence-electron chi connectivity index (χ0n) is 13.3. The van der Waals surface area contributed by atoms with E-state index in [0.29, 0.717) is 27.4 Å². The molecule has 1 N–H and O–H groups in total. The molecule has 3 aromatic rings. The second-order valence-corrected chi connectivity index (χ2v) is 6.10. The summed E-state index contributed by atoms with van der Waals surface area (Å²) in [7, 11) is 3.68. The summed E-state index contributed by atoms with van der Waals surface area (Å²) in [6.07, 6.45) is 4.53. The number of carbonyl (C=O) groups excluding carboxylic acids is 1. The monoisotopic (exact) mass is 377 g/mol. The van der Waals surface area contributed by atoms with E-state index in [-0.39, 0.29) is 5.69 Å². The van der Waals surface area contributed by atoms with Gasteiger partial charge in [-0.15, -0.1) is 10.2 Å². The van der Waals surface area contributed by atoms with Crippen molar-refractivity contribution in [3.05, 3.63) is 52.5 Å². The van der Waals surface area contributed by atoms with Crippen LogP contribution in [0.3, 0.4) is 0 Å². The molecule has 0 radical (unpaired) electrons. The van der Waals surface area contributed by atoms with E-state index in [1.807, 2.05) is 14.1 Å². The van der Waals surface area contributed by atoms with E-state index in [1.165, 1.54) is 17.1 Å². The molecule has 3 rings (SSSR count). The Bertz CT molecular complexity index is 908. The molecule has 0 unspecified atom stereocenters. The maximum atomic E-state index is 12.2. The summed E-state index contributed by atoms with van der Waals surface area (Å²) in [6, 6.07) is 4.87. The molecule has 3 heterocycles. The summed E-state index contributed by atoms with van der Waals surface area (Å²) in [5.74, 6) is 0.669. The number of aromatic nitrogens is 5. The minimum absolute atomic E-state index is 0.195. The van der Waals surface area contributed by atoms with E-state index < -0.39 is 5.91 Å². The molecular weight excluding hydrogens is 365 g/mol. The number of amides is 1. The molecule has 0 saturated heterocycles. The van der Waals surface area contributed by atoms with Crippen LogP contribution in [0.2, 0.25) is 10.0 Å². The van der Waals surface area contributed by atoms with Gasteiger partial charge in [-0.1, -0.05) is 23.2 Å². The summed E-state index contributed by atoms with van der Waals surface area (Å²) in [5.41, 5.74) is 0.664. The fourth-order valence-corrected chi connectivity index (χ4v) is 2.43. The second kappa shape index (κ2) is 7.04. The fourth-order valence-electron chi connectivity index (χ4n) is 1.96. The molecule has 0 aliphatic rings. The van der Waals surface area contributed by atoms with Gasteiger partial charge in [-0.25, -0.2) is 9.67 Å². The van der Waals surface area contributed by atoms with Crippen LogP contribution in [-0.4, -0.2) is 45.0 Å².